The molecule has 0 unspecified atom stereocenters. The first-order chi connectivity index (χ1) is 29.3. The smallest absolute Gasteiger partial charge is 0.344 e. The Balaban J connectivity index is 0.000000184. The summed E-state index contributed by atoms with van der Waals surface area (Å²) in [5.41, 5.74) is 2.84. The standard InChI is InChI=1S/C22H20F3N5S.C21H20ClF3N4S/c23-22(24,25)19-3-1-2-16(14-19)8-9-29-10-12-30(13-11-29)21-27-20(28-31-21)18-6-4-17(15-26)5-7-18;22-18-7-3-16(4-8-18)19-26-20(30-27-19)29-13-11-28(12-14-29)10-9-15-1-5-17(6-2-15)21(23,24)25/h1-7,14H,8-13H2;1-8H,9-14H2. The summed E-state index contributed by atoms with van der Waals surface area (Å²) < 4.78 is 85.5. The zero-order valence-corrected chi connectivity index (χ0v) is 35.1. The second-order valence-electron chi connectivity index (χ2n) is 14.5. The molecule has 0 radical (unpaired) electrons. The van der Waals surface area contributed by atoms with Crippen molar-refractivity contribution >= 4 is 44.9 Å². The van der Waals surface area contributed by atoms with Crippen molar-refractivity contribution < 1.29 is 26.3 Å². The van der Waals surface area contributed by atoms with E-state index in [-0.39, 0.29) is 0 Å². The van der Waals surface area contributed by atoms with Gasteiger partial charge in [-0.25, -0.2) is 0 Å². The predicted molar refractivity (Wildman–Crippen MR) is 228 cm³/mol. The van der Waals surface area contributed by atoms with Crippen LogP contribution in [0.1, 0.15) is 27.8 Å². The number of rotatable bonds is 10. The van der Waals surface area contributed by atoms with E-state index < -0.39 is 23.5 Å². The molecule has 2 fully saturated rings. The molecule has 0 spiro atoms. The second-order valence-corrected chi connectivity index (χ2v) is 16.4. The first-order valence-electron chi connectivity index (χ1n) is 19.5. The second kappa shape index (κ2) is 19.7. The molecule has 4 aromatic carbocycles. The van der Waals surface area contributed by atoms with Crippen molar-refractivity contribution in [1.82, 2.24) is 28.5 Å². The van der Waals surface area contributed by atoms with Gasteiger partial charge in [0.05, 0.1) is 22.8 Å². The van der Waals surface area contributed by atoms with Gasteiger partial charge in [0.15, 0.2) is 11.6 Å². The summed E-state index contributed by atoms with van der Waals surface area (Å²) in [4.78, 5) is 18.3. The summed E-state index contributed by atoms with van der Waals surface area (Å²) in [6, 6.07) is 27.8. The van der Waals surface area contributed by atoms with Gasteiger partial charge in [-0.05, 0) is 90.7 Å². The third kappa shape index (κ3) is 12.0. The van der Waals surface area contributed by atoms with E-state index in [4.69, 9.17) is 16.9 Å². The Hall–Kier alpha value is -5.12. The van der Waals surface area contributed by atoms with Crippen LogP contribution in [0.5, 0.6) is 0 Å². The van der Waals surface area contributed by atoms with Crippen molar-refractivity contribution in [1.29, 1.82) is 5.26 Å². The molecular formula is C43H40ClF6N9S2. The molecule has 0 atom stereocenters. The van der Waals surface area contributed by atoms with Crippen molar-refractivity contribution in [2.24, 2.45) is 0 Å². The first kappa shape index (κ1) is 44.0. The molecule has 61 heavy (non-hydrogen) atoms. The number of alkyl halides is 6. The van der Waals surface area contributed by atoms with E-state index in [1.165, 1.54) is 35.2 Å². The lowest BCUT2D eigenvalue weighted by Gasteiger charge is -2.34. The largest absolute Gasteiger partial charge is 0.416 e. The summed E-state index contributed by atoms with van der Waals surface area (Å²) in [5.74, 6) is 1.35. The number of nitriles is 1. The van der Waals surface area contributed by atoms with Crippen LogP contribution >= 0.6 is 34.7 Å². The van der Waals surface area contributed by atoms with Gasteiger partial charge in [0.25, 0.3) is 0 Å². The van der Waals surface area contributed by atoms with Crippen molar-refractivity contribution in [2.75, 3.05) is 75.2 Å². The Morgan fingerprint density at radius 1 is 0.574 bits per heavy atom. The molecule has 0 amide bonds. The number of anilines is 2. The highest BCUT2D eigenvalue weighted by Crippen LogP contribution is 2.31. The van der Waals surface area contributed by atoms with Gasteiger partial charge >= 0.3 is 12.4 Å². The summed E-state index contributed by atoms with van der Waals surface area (Å²) >= 11 is 8.68. The van der Waals surface area contributed by atoms with E-state index in [0.717, 1.165) is 117 Å². The Labute approximate surface area is 362 Å². The number of halogens is 7. The number of nitrogens with zero attached hydrogens (tertiary/aromatic N) is 9. The highest BCUT2D eigenvalue weighted by atomic mass is 35.5. The SMILES string of the molecule is FC(F)(F)c1ccc(CCN2CCN(c3nc(-c4ccc(Cl)cc4)ns3)CC2)cc1.N#Cc1ccc(-c2nsc(N3CCN(CCc4cccc(C(F)(F)F)c4)CC3)n2)cc1. The molecule has 2 aliphatic heterocycles. The number of benzene rings is 4. The molecule has 318 valence electrons. The minimum Gasteiger partial charge on any atom is -0.344 e. The zero-order chi connectivity index (χ0) is 43.0. The normalized spacial score (nSPS) is 15.3. The molecule has 18 heteroatoms. The van der Waals surface area contributed by atoms with Crippen LogP contribution in [-0.2, 0) is 25.2 Å². The van der Waals surface area contributed by atoms with Gasteiger partial charge < -0.3 is 9.80 Å². The van der Waals surface area contributed by atoms with Crippen LogP contribution in [0.3, 0.4) is 0 Å². The summed E-state index contributed by atoms with van der Waals surface area (Å²) in [6.45, 7) is 8.26. The molecule has 0 N–H and O–H groups in total. The monoisotopic (exact) mass is 895 g/mol. The van der Waals surface area contributed by atoms with Gasteiger partial charge in [-0.2, -0.15) is 50.3 Å². The molecule has 0 saturated carbocycles. The number of aromatic nitrogens is 4. The van der Waals surface area contributed by atoms with Crippen molar-refractivity contribution in [3.63, 3.8) is 0 Å². The van der Waals surface area contributed by atoms with E-state index >= 15 is 0 Å². The molecule has 8 rings (SSSR count). The molecule has 0 aliphatic carbocycles. The maximum Gasteiger partial charge on any atom is 0.416 e. The van der Waals surface area contributed by atoms with Crippen molar-refractivity contribution in [3.05, 3.63) is 130 Å². The van der Waals surface area contributed by atoms with Crippen molar-refractivity contribution in [2.45, 2.75) is 25.2 Å². The van der Waals surface area contributed by atoms with Crippen LogP contribution in [0.25, 0.3) is 22.8 Å². The lowest BCUT2D eigenvalue weighted by Crippen LogP contribution is -2.47. The molecule has 2 aromatic heterocycles. The van der Waals surface area contributed by atoms with Gasteiger partial charge in [-0.3, -0.25) is 9.80 Å². The fraction of sp³-hybridized carbons (Fsp3) is 0.326. The molecule has 0 bridgehead atoms. The fourth-order valence-corrected chi connectivity index (χ4v) is 8.48. The predicted octanol–water partition coefficient (Wildman–Crippen LogP) is 9.70. The summed E-state index contributed by atoms with van der Waals surface area (Å²) in [6.07, 6.45) is -7.27. The number of hydrogen-bond donors (Lipinski definition) is 0. The Kier molecular flexibility index (Phi) is 14.2. The highest BCUT2D eigenvalue weighted by Gasteiger charge is 2.31. The van der Waals surface area contributed by atoms with E-state index in [2.05, 4.69) is 44.4 Å². The van der Waals surface area contributed by atoms with Gasteiger partial charge in [0, 0.05) is 105 Å². The summed E-state index contributed by atoms with van der Waals surface area (Å²) in [7, 11) is 0. The van der Waals surface area contributed by atoms with Crippen LogP contribution in [0.4, 0.5) is 36.6 Å². The maximum absolute atomic E-state index is 12.9. The van der Waals surface area contributed by atoms with E-state index in [9.17, 15) is 26.3 Å². The quantitative estimate of drug-likeness (QED) is 0.125. The zero-order valence-electron chi connectivity index (χ0n) is 32.7. The molecular weight excluding hydrogens is 856 g/mol. The van der Waals surface area contributed by atoms with E-state index in [1.54, 1.807) is 30.3 Å². The molecule has 6 aromatic rings. The Morgan fingerprint density at radius 3 is 1.52 bits per heavy atom. The van der Waals surface area contributed by atoms with E-state index in [0.29, 0.717) is 34.2 Å². The van der Waals surface area contributed by atoms with Gasteiger partial charge in [0.1, 0.15) is 0 Å². The molecule has 2 aliphatic rings. The van der Waals surface area contributed by atoms with Crippen LogP contribution in [0.2, 0.25) is 5.02 Å². The third-order valence-electron chi connectivity index (χ3n) is 10.5. The topological polar surface area (TPSA) is 88.3 Å². The van der Waals surface area contributed by atoms with Gasteiger partial charge in [-0.1, -0.05) is 41.9 Å². The van der Waals surface area contributed by atoms with Crippen LogP contribution in [0.15, 0.2) is 97.1 Å². The first-order valence-corrected chi connectivity index (χ1v) is 21.4. The molecule has 9 nitrogen and oxygen atoms in total. The number of hydrogen-bond acceptors (Lipinski definition) is 11. The van der Waals surface area contributed by atoms with Crippen LogP contribution in [-0.4, -0.2) is 94.0 Å². The molecule has 4 heterocycles. The Morgan fingerprint density at radius 2 is 1.05 bits per heavy atom. The average Bonchev–Trinajstić information content (AvgIpc) is 3.97. The fourth-order valence-electron chi connectivity index (χ4n) is 6.88. The highest BCUT2D eigenvalue weighted by molar-refractivity contribution is 7.10. The van der Waals surface area contributed by atoms with E-state index in [1.807, 2.05) is 36.4 Å². The minimum absolute atomic E-state index is 0.589. The maximum atomic E-state index is 12.9. The van der Waals surface area contributed by atoms with Crippen LogP contribution < -0.4 is 9.80 Å². The third-order valence-corrected chi connectivity index (χ3v) is 12.3. The molecule has 2 saturated heterocycles. The Bertz CT molecular complexity index is 2360. The average molecular weight is 896 g/mol. The summed E-state index contributed by atoms with van der Waals surface area (Å²) in [5, 5.41) is 11.4. The van der Waals surface area contributed by atoms with Crippen LogP contribution in [0, 0.1) is 11.3 Å². The van der Waals surface area contributed by atoms with Crippen molar-refractivity contribution in [3.8, 4) is 28.8 Å². The van der Waals surface area contributed by atoms with Gasteiger partial charge in [0.2, 0.25) is 10.3 Å². The van der Waals surface area contributed by atoms with Gasteiger partial charge in [-0.15, -0.1) is 0 Å². The minimum atomic E-state index is -4.31. The lowest BCUT2D eigenvalue weighted by atomic mass is 10.1. The number of piperazine rings is 2. The lowest BCUT2D eigenvalue weighted by molar-refractivity contribution is -0.138.